The van der Waals surface area contributed by atoms with Crippen molar-refractivity contribution in [3.05, 3.63) is 108 Å². The Balaban J connectivity index is 1.14. The van der Waals surface area contributed by atoms with Gasteiger partial charge in [0.05, 0.1) is 7.11 Å². The lowest BCUT2D eigenvalue weighted by molar-refractivity contribution is -0.145. The largest absolute Gasteiger partial charge is 0.467 e. The monoisotopic (exact) mass is 679 g/mol. The van der Waals surface area contributed by atoms with Gasteiger partial charge in [-0.3, -0.25) is 4.79 Å². The number of hydrogen-bond acceptors (Lipinski definition) is 7. The van der Waals surface area contributed by atoms with E-state index in [0.717, 1.165) is 38.6 Å². The number of benzene rings is 4. The van der Waals surface area contributed by atoms with Crippen LogP contribution in [0.1, 0.15) is 62.6 Å². The highest BCUT2D eigenvalue weighted by molar-refractivity contribution is 5.90. The molecule has 10 heteroatoms. The average Bonchev–Trinajstić information content (AvgIpc) is 3.42. The molecule has 262 valence electrons. The number of carbonyl (C=O) groups is 4. The summed E-state index contributed by atoms with van der Waals surface area (Å²) in [7, 11) is 1.27. The zero-order valence-electron chi connectivity index (χ0n) is 29.0. The highest BCUT2D eigenvalue weighted by Gasteiger charge is 2.30. The molecule has 1 aliphatic rings. The van der Waals surface area contributed by atoms with E-state index in [-0.39, 0.29) is 25.4 Å². The quantitative estimate of drug-likeness (QED) is 0.0820. The second-order valence-electron chi connectivity index (χ2n) is 13.4. The van der Waals surface area contributed by atoms with Gasteiger partial charge in [-0.25, -0.2) is 14.4 Å². The van der Waals surface area contributed by atoms with Crippen LogP contribution in [0.4, 0.5) is 9.59 Å². The number of ether oxygens (including phenoxy) is 3. The van der Waals surface area contributed by atoms with Crippen molar-refractivity contribution < 1.29 is 33.4 Å². The predicted octanol–water partition coefficient (Wildman–Crippen LogP) is 6.64. The molecule has 0 heterocycles. The molecule has 1 unspecified atom stereocenters. The van der Waals surface area contributed by atoms with E-state index in [2.05, 4.69) is 40.2 Å². The maximum absolute atomic E-state index is 13.6. The highest BCUT2D eigenvalue weighted by atomic mass is 16.6. The molecule has 5 rings (SSSR count). The molecular formula is C40H45N3O7. The number of hydrogen-bond donors (Lipinski definition) is 3. The summed E-state index contributed by atoms with van der Waals surface area (Å²) in [5.41, 5.74) is 4.65. The molecule has 50 heavy (non-hydrogen) atoms. The number of carbonyl (C=O) groups excluding carboxylic acids is 4. The molecule has 0 fully saturated rings. The van der Waals surface area contributed by atoms with E-state index in [1.54, 1.807) is 20.8 Å². The predicted molar refractivity (Wildman–Crippen MR) is 192 cm³/mol. The Morgan fingerprint density at radius 2 is 1.38 bits per heavy atom. The minimum atomic E-state index is -0.997. The lowest BCUT2D eigenvalue weighted by atomic mass is 9.98. The molecule has 4 aromatic rings. The van der Waals surface area contributed by atoms with Gasteiger partial charge in [0, 0.05) is 18.9 Å². The molecule has 0 aliphatic heterocycles. The van der Waals surface area contributed by atoms with Crippen LogP contribution in [0.25, 0.3) is 21.9 Å². The van der Waals surface area contributed by atoms with Crippen LogP contribution >= 0.6 is 0 Å². The van der Waals surface area contributed by atoms with Gasteiger partial charge in [-0.05, 0) is 78.6 Å². The van der Waals surface area contributed by atoms with E-state index >= 15 is 0 Å². The SMILES string of the molecule is COC(=O)[C@H](Cc1ccc2ccccc2c1)NC(=O)C(CCCCNC(=O)OCC1c2ccccc2-c2ccccc21)NC(=O)OC(C)(C)C. The lowest BCUT2D eigenvalue weighted by Gasteiger charge is -2.25. The Bertz CT molecular complexity index is 1790. The molecule has 0 bridgehead atoms. The van der Waals surface area contributed by atoms with Crippen molar-refractivity contribution >= 4 is 34.8 Å². The number of alkyl carbamates (subject to hydrolysis) is 2. The van der Waals surface area contributed by atoms with Gasteiger partial charge in [-0.15, -0.1) is 0 Å². The van der Waals surface area contributed by atoms with Gasteiger partial charge >= 0.3 is 18.2 Å². The minimum absolute atomic E-state index is 0.0404. The fourth-order valence-corrected chi connectivity index (χ4v) is 6.24. The maximum Gasteiger partial charge on any atom is 0.408 e. The van der Waals surface area contributed by atoms with Crippen molar-refractivity contribution in [3.63, 3.8) is 0 Å². The first-order valence-corrected chi connectivity index (χ1v) is 17.0. The Morgan fingerprint density at radius 3 is 2.04 bits per heavy atom. The van der Waals surface area contributed by atoms with Gasteiger partial charge in [0.2, 0.25) is 5.91 Å². The first kappa shape index (κ1) is 35.9. The normalized spacial score (nSPS) is 13.4. The number of rotatable bonds is 13. The molecule has 1 aliphatic carbocycles. The van der Waals surface area contributed by atoms with Gasteiger partial charge < -0.3 is 30.2 Å². The second kappa shape index (κ2) is 16.3. The first-order valence-electron chi connectivity index (χ1n) is 17.0. The molecule has 4 aromatic carbocycles. The van der Waals surface area contributed by atoms with Gasteiger partial charge in [0.15, 0.2) is 0 Å². The third-order valence-electron chi connectivity index (χ3n) is 8.60. The van der Waals surface area contributed by atoms with Crippen LogP contribution in [0, 0.1) is 0 Å². The van der Waals surface area contributed by atoms with E-state index in [9.17, 15) is 19.2 Å². The van der Waals surface area contributed by atoms with E-state index in [0.29, 0.717) is 19.4 Å². The van der Waals surface area contributed by atoms with Crippen molar-refractivity contribution in [1.82, 2.24) is 16.0 Å². The third kappa shape index (κ3) is 9.40. The topological polar surface area (TPSA) is 132 Å². The van der Waals surface area contributed by atoms with Gasteiger partial charge in [-0.2, -0.15) is 0 Å². The van der Waals surface area contributed by atoms with Gasteiger partial charge in [0.1, 0.15) is 24.3 Å². The molecule has 0 saturated heterocycles. The molecule has 0 aromatic heterocycles. The average molecular weight is 680 g/mol. The van der Waals surface area contributed by atoms with Crippen LogP contribution in [0.15, 0.2) is 91.0 Å². The van der Waals surface area contributed by atoms with E-state index in [1.165, 1.54) is 7.11 Å². The summed E-state index contributed by atoms with van der Waals surface area (Å²) in [6.07, 6.45) is 0.154. The zero-order valence-corrected chi connectivity index (χ0v) is 29.0. The first-order chi connectivity index (χ1) is 24.0. The number of esters is 1. The standard InChI is InChI=1S/C40H45N3O7/c1-40(2,3)50-39(47)43-34(36(44)42-35(37(45)48-4)24-26-20-21-27-13-5-6-14-28(27)23-26)19-11-12-22-41-38(46)49-25-33-31-17-9-7-15-29(31)30-16-8-10-18-32(30)33/h5-10,13-18,20-21,23,33-35H,11-12,19,22,24-25H2,1-4H3,(H,41,46)(H,42,44)(H,43,47)/t34?,35-/m0/s1. The minimum Gasteiger partial charge on any atom is -0.467 e. The molecule has 3 N–H and O–H groups in total. The summed E-state index contributed by atoms with van der Waals surface area (Å²) >= 11 is 0. The number of fused-ring (bicyclic) bond motifs is 4. The molecule has 2 atom stereocenters. The van der Waals surface area contributed by atoms with Crippen molar-refractivity contribution in [2.24, 2.45) is 0 Å². The van der Waals surface area contributed by atoms with Crippen molar-refractivity contribution in [1.29, 1.82) is 0 Å². The summed E-state index contributed by atoms with van der Waals surface area (Å²) in [5.74, 6) is -1.19. The van der Waals surface area contributed by atoms with E-state index in [4.69, 9.17) is 14.2 Å². The molecule has 0 saturated carbocycles. The summed E-state index contributed by atoms with van der Waals surface area (Å²) in [4.78, 5) is 51.7. The summed E-state index contributed by atoms with van der Waals surface area (Å²) in [5, 5.41) is 10.3. The Morgan fingerprint density at radius 1 is 0.740 bits per heavy atom. The van der Waals surface area contributed by atoms with Crippen molar-refractivity contribution in [3.8, 4) is 11.1 Å². The smallest absolute Gasteiger partial charge is 0.408 e. The molecule has 10 nitrogen and oxygen atoms in total. The maximum atomic E-state index is 13.6. The molecule has 0 radical (unpaired) electrons. The van der Waals surface area contributed by atoms with Gasteiger partial charge in [0.25, 0.3) is 0 Å². The number of nitrogens with one attached hydrogen (secondary N) is 3. The van der Waals surface area contributed by atoms with Crippen LogP contribution in [-0.2, 0) is 30.2 Å². The van der Waals surface area contributed by atoms with Crippen molar-refractivity contribution in [2.45, 2.75) is 70.1 Å². The summed E-state index contributed by atoms with van der Waals surface area (Å²) in [6, 6.07) is 28.0. The number of unbranched alkanes of at least 4 members (excludes halogenated alkanes) is 1. The van der Waals surface area contributed by atoms with Crippen LogP contribution in [0.3, 0.4) is 0 Å². The zero-order chi connectivity index (χ0) is 35.7. The lowest BCUT2D eigenvalue weighted by Crippen LogP contribution is -2.53. The molecule has 3 amide bonds. The number of amides is 3. The molecular weight excluding hydrogens is 634 g/mol. The van der Waals surface area contributed by atoms with E-state index < -0.39 is 41.7 Å². The van der Waals surface area contributed by atoms with Crippen LogP contribution < -0.4 is 16.0 Å². The van der Waals surface area contributed by atoms with Crippen LogP contribution in [0.2, 0.25) is 0 Å². The summed E-state index contributed by atoms with van der Waals surface area (Å²) < 4.78 is 16.0. The number of methoxy groups -OCH3 is 1. The van der Waals surface area contributed by atoms with Crippen LogP contribution in [0.5, 0.6) is 0 Å². The Hall–Kier alpha value is -5.38. The molecule has 0 spiro atoms. The van der Waals surface area contributed by atoms with Crippen LogP contribution in [-0.4, -0.2) is 62.0 Å². The highest BCUT2D eigenvalue weighted by Crippen LogP contribution is 2.44. The fourth-order valence-electron chi connectivity index (χ4n) is 6.24. The van der Waals surface area contributed by atoms with Gasteiger partial charge in [-0.1, -0.05) is 91.0 Å². The van der Waals surface area contributed by atoms with Crippen molar-refractivity contribution in [2.75, 3.05) is 20.3 Å². The summed E-state index contributed by atoms with van der Waals surface area (Å²) in [6.45, 7) is 5.71. The third-order valence-corrected chi connectivity index (χ3v) is 8.60. The second-order valence-corrected chi connectivity index (χ2v) is 13.4. The van der Waals surface area contributed by atoms with E-state index in [1.807, 2.05) is 66.7 Å². The Kier molecular flexibility index (Phi) is 11.7. The fraction of sp³-hybridized carbons (Fsp3) is 0.350. The Labute approximate surface area is 292 Å².